The van der Waals surface area contributed by atoms with Crippen molar-refractivity contribution in [2.45, 2.75) is 38.0 Å². The first-order chi connectivity index (χ1) is 19.8. The standard InChI is InChI=1S/C29H25BrFN5O5/c30-20-12-13-24-23(14-20)29(38)35(28(34-24)18-6-2-1-3-7-18)32-16-19-8-4-11-25(36(39)40)27(19)41-17-26(37)33-22-10-5-9-21(31)15-22/h4-5,8-16,18H,1-3,6-7,17H2,(H,33,37). The Bertz CT molecular complexity index is 1720. The van der Waals surface area contributed by atoms with Gasteiger partial charge in [-0.1, -0.05) is 47.3 Å². The van der Waals surface area contributed by atoms with E-state index in [1.165, 1.54) is 47.3 Å². The molecule has 3 aromatic carbocycles. The molecule has 0 bridgehead atoms. The van der Waals surface area contributed by atoms with Crippen molar-refractivity contribution in [2.75, 3.05) is 11.9 Å². The number of ether oxygens (including phenoxy) is 1. The van der Waals surface area contributed by atoms with Crippen LogP contribution in [0.5, 0.6) is 5.75 Å². The van der Waals surface area contributed by atoms with Crippen molar-refractivity contribution in [3.63, 3.8) is 0 Å². The van der Waals surface area contributed by atoms with Gasteiger partial charge >= 0.3 is 5.69 Å². The topological polar surface area (TPSA) is 129 Å². The quantitative estimate of drug-likeness (QED) is 0.143. The number of carbonyl (C=O) groups is 1. The van der Waals surface area contributed by atoms with Crippen LogP contribution in [0.2, 0.25) is 0 Å². The summed E-state index contributed by atoms with van der Waals surface area (Å²) >= 11 is 3.40. The first-order valence-electron chi connectivity index (χ1n) is 13.0. The lowest BCUT2D eigenvalue weighted by molar-refractivity contribution is -0.385. The van der Waals surface area contributed by atoms with E-state index in [1.54, 1.807) is 12.1 Å². The molecule has 1 saturated carbocycles. The van der Waals surface area contributed by atoms with Gasteiger partial charge in [0.2, 0.25) is 5.75 Å². The van der Waals surface area contributed by atoms with E-state index in [-0.39, 0.29) is 34.2 Å². The van der Waals surface area contributed by atoms with Crippen LogP contribution in [0.25, 0.3) is 10.9 Å². The highest BCUT2D eigenvalue weighted by atomic mass is 79.9. The average molecular weight is 622 g/mol. The lowest BCUT2D eigenvalue weighted by atomic mass is 9.88. The monoisotopic (exact) mass is 621 g/mol. The van der Waals surface area contributed by atoms with Gasteiger partial charge in [-0.2, -0.15) is 9.78 Å². The Morgan fingerprint density at radius 2 is 1.95 bits per heavy atom. The first kappa shape index (κ1) is 28.1. The Hall–Kier alpha value is -4.45. The fourth-order valence-electron chi connectivity index (χ4n) is 4.87. The van der Waals surface area contributed by atoms with Crippen molar-refractivity contribution < 1.29 is 18.8 Å². The predicted molar refractivity (Wildman–Crippen MR) is 156 cm³/mol. The number of nitrogens with zero attached hydrogens (tertiary/aromatic N) is 4. The largest absolute Gasteiger partial charge is 0.476 e. The SMILES string of the molecule is O=C(COc1c(C=Nn2c(C3CCCCC3)nc3ccc(Br)cc3c2=O)cccc1[N+](=O)[O-])Nc1cccc(F)c1. The molecule has 10 nitrogen and oxygen atoms in total. The molecule has 1 amide bonds. The second kappa shape index (κ2) is 12.4. The zero-order valence-corrected chi connectivity index (χ0v) is 23.3. The average Bonchev–Trinajstić information content (AvgIpc) is 2.96. The van der Waals surface area contributed by atoms with Crippen molar-refractivity contribution in [3.8, 4) is 5.75 Å². The van der Waals surface area contributed by atoms with Crippen molar-refractivity contribution in [1.82, 2.24) is 9.66 Å². The molecule has 4 aromatic rings. The molecule has 0 saturated heterocycles. The summed E-state index contributed by atoms with van der Waals surface area (Å²) in [6.07, 6.45) is 6.19. The maximum absolute atomic E-state index is 13.6. The molecule has 1 N–H and O–H groups in total. The molecule has 0 atom stereocenters. The number of anilines is 1. The molecule has 1 aromatic heterocycles. The number of benzene rings is 3. The van der Waals surface area contributed by atoms with Crippen LogP contribution >= 0.6 is 15.9 Å². The number of halogens is 2. The molecule has 0 aliphatic heterocycles. The van der Waals surface area contributed by atoms with Crippen LogP contribution in [-0.4, -0.2) is 33.3 Å². The van der Waals surface area contributed by atoms with E-state index in [4.69, 9.17) is 9.72 Å². The van der Waals surface area contributed by atoms with E-state index < -0.39 is 23.3 Å². The van der Waals surface area contributed by atoms with Crippen molar-refractivity contribution in [2.24, 2.45) is 5.10 Å². The Labute approximate surface area is 242 Å². The predicted octanol–water partition coefficient (Wildman–Crippen LogP) is 6.15. The highest BCUT2D eigenvalue weighted by Crippen LogP contribution is 2.33. The minimum Gasteiger partial charge on any atom is -0.476 e. The first-order valence-corrected chi connectivity index (χ1v) is 13.8. The Kier molecular flexibility index (Phi) is 8.48. The smallest absolute Gasteiger partial charge is 0.311 e. The summed E-state index contributed by atoms with van der Waals surface area (Å²) < 4.78 is 21.0. The molecule has 1 heterocycles. The molecular formula is C29H25BrFN5O5. The van der Waals surface area contributed by atoms with Crippen LogP contribution in [-0.2, 0) is 4.79 Å². The number of nitro groups is 1. The minimum absolute atomic E-state index is 0.0361. The number of aromatic nitrogens is 2. The molecular weight excluding hydrogens is 597 g/mol. The number of nitro benzene ring substituents is 1. The summed E-state index contributed by atoms with van der Waals surface area (Å²) in [7, 11) is 0. The van der Waals surface area contributed by atoms with E-state index in [2.05, 4.69) is 26.3 Å². The van der Waals surface area contributed by atoms with Crippen LogP contribution in [0, 0.1) is 15.9 Å². The van der Waals surface area contributed by atoms with Crippen molar-refractivity contribution >= 4 is 50.3 Å². The number of rotatable bonds is 8. The van der Waals surface area contributed by atoms with Gasteiger partial charge < -0.3 is 10.1 Å². The molecule has 41 heavy (non-hydrogen) atoms. The van der Waals surface area contributed by atoms with Gasteiger partial charge in [0.25, 0.3) is 11.5 Å². The number of nitrogens with one attached hydrogen (secondary N) is 1. The van der Waals surface area contributed by atoms with Gasteiger partial charge in [0, 0.05) is 27.7 Å². The van der Waals surface area contributed by atoms with Gasteiger partial charge in [0.1, 0.15) is 11.6 Å². The van der Waals surface area contributed by atoms with Gasteiger partial charge in [-0.3, -0.25) is 19.7 Å². The zero-order valence-electron chi connectivity index (χ0n) is 21.8. The van der Waals surface area contributed by atoms with Gasteiger partial charge in [-0.25, -0.2) is 9.37 Å². The summed E-state index contributed by atoms with van der Waals surface area (Å²) in [5.41, 5.74) is 0.221. The summed E-state index contributed by atoms with van der Waals surface area (Å²) in [5.74, 6) is -0.799. The van der Waals surface area contributed by atoms with Crippen LogP contribution in [0.15, 0.2) is 75.0 Å². The number of carbonyl (C=O) groups excluding carboxylic acids is 1. The Morgan fingerprint density at radius 3 is 2.71 bits per heavy atom. The zero-order chi connectivity index (χ0) is 28.9. The van der Waals surface area contributed by atoms with E-state index in [0.717, 1.165) is 42.6 Å². The summed E-state index contributed by atoms with van der Waals surface area (Å²) in [5, 5.41) is 19.1. The molecule has 0 unspecified atom stereocenters. The van der Waals surface area contributed by atoms with E-state index >= 15 is 0 Å². The Morgan fingerprint density at radius 1 is 1.17 bits per heavy atom. The number of hydrogen-bond donors (Lipinski definition) is 1. The number of hydrogen-bond acceptors (Lipinski definition) is 7. The van der Waals surface area contributed by atoms with Crippen LogP contribution in [0.4, 0.5) is 15.8 Å². The number of amides is 1. The minimum atomic E-state index is -0.642. The summed E-state index contributed by atoms with van der Waals surface area (Å²) in [4.78, 5) is 42.0. The lowest BCUT2D eigenvalue weighted by Gasteiger charge is -2.22. The number of fused-ring (bicyclic) bond motifs is 1. The molecule has 1 aliphatic rings. The highest BCUT2D eigenvalue weighted by Gasteiger charge is 2.24. The fraction of sp³-hybridized carbons (Fsp3) is 0.241. The van der Waals surface area contributed by atoms with Gasteiger partial charge in [-0.15, -0.1) is 0 Å². The maximum Gasteiger partial charge on any atom is 0.311 e. The van der Waals surface area contributed by atoms with Crippen LogP contribution in [0.3, 0.4) is 0 Å². The molecule has 5 rings (SSSR count). The normalized spacial score (nSPS) is 13.9. The Balaban J connectivity index is 1.50. The second-order valence-electron chi connectivity index (χ2n) is 9.63. The summed E-state index contributed by atoms with van der Waals surface area (Å²) in [6, 6.07) is 14.8. The molecule has 12 heteroatoms. The van der Waals surface area contributed by atoms with Crippen LogP contribution < -0.4 is 15.6 Å². The maximum atomic E-state index is 13.6. The van der Waals surface area contributed by atoms with E-state index in [1.807, 2.05) is 6.07 Å². The third kappa shape index (κ3) is 6.49. The van der Waals surface area contributed by atoms with Gasteiger partial charge in [-0.05, 0) is 55.3 Å². The molecule has 0 spiro atoms. The highest BCUT2D eigenvalue weighted by molar-refractivity contribution is 9.10. The van der Waals surface area contributed by atoms with Crippen LogP contribution in [0.1, 0.15) is 49.4 Å². The van der Waals surface area contributed by atoms with Crippen molar-refractivity contribution in [1.29, 1.82) is 0 Å². The third-order valence-corrected chi connectivity index (χ3v) is 7.29. The second-order valence-corrected chi connectivity index (χ2v) is 10.5. The number of para-hydroxylation sites is 1. The molecule has 1 aliphatic carbocycles. The van der Waals surface area contributed by atoms with Gasteiger partial charge in [0.15, 0.2) is 6.61 Å². The molecule has 210 valence electrons. The van der Waals surface area contributed by atoms with E-state index in [9.17, 15) is 24.1 Å². The van der Waals surface area contributed by atoms with Gasteiger partial charge in [0.05, 0.1) is 22.0 Å². The lowest BCUT2D eigenvalue weighted by Crippen LogP contribution is -2.25. The summed E-state index contributed by atoms with van der Waals surface area (Å²) in [6.45, 7) is -0.582. The third-order valence-electron chi connectivity index (χ3n) is 6.79. The molecule has 1 fully saturated rings. The van der Waals surface area contributed by atoms with E-state index in [0.29, 0.717) is 16.7 Å². The van der Waals surface area contributed by atoms with Crippen molar-refractivity contribution in [3.05, 3.63) is 103 Å². The fourth-order valence-corrected chi connectivity index (χ4v) is 5.23. The molecule has 0 radical (unpaired) electrons.